The van der Waals surface area contributed by atoms with Gasteiger partial charge in [0, 0.05) is 5.56 Å². The third kappa shape index (κ3) is 9.71. The van der Waals surface area contributed by atoms with E-state index in [0.717, 1.165) is 30.4 Å². The van der Waals surface area contributed by atoms with E-state index in [2.05, 4.69) is 6.92 Å². The molecule has 0 aliphatic rings. The first-order valence-electron chi connectivity index (χ1n) is 15.5. The zero-order valence-electron chi connectivity index (χ0n) is 25.3. The number of carbonyl (C=O) groups is 2. The van der Waals surface area contributed by atoms with Crippen LogP contribution in [0.5, 0.6) is 11.5 Å². The second-order valence-corrected chi connectivity index (χ2v) is 11.0. The van der Waals surface area contributed by atoms with E-state index in [9.17, 15) is 14.7 Å². The molecule has 1 atom stereocenters. The van der Waals surface area contributed by atoms with Crippen molar-refractivity contribution in [1.82, 2.24) is 0 Å². The number of halogens is 1. The molecular weight excluding hydrogens is 531 g/mol. The Bertz CT molecular complexity index is 1270. The van der Waals surface area contributed by atoms with Crippen LogP contribution in [0, 0.1) is 11.7 Å². The molecule has 0 fully saturated rings. The van der Waals surface area contributed by atoms with Crippen LogP contribution in [-0.2, 0) is 4.79 Å². The summed E-state index contributed by atoms with van der Waals surface area (Å²) in [7, 11) is 0. The van der Waals surface area contributed by atoms with E-state index in [0.29, 0.717) is 24.3 Å². The van der Waals surface area contributed by atoms with Crippen LogP contribution >= 0.6 is 0 Å². The Balaban J connectivity index is 1.61. The van der Waals surface area contributed by atoms with E-state index in [-0.39, 0.29) is 28.8 Å². The van der Waals surface area contributed by atoms with Crippen molar-refractivity contribution in [3.63, 3.8) is 0 Å². The summed E-state index contributed by atoms with van der Waals surface area (Å²) in [4.78, 5) is 24.0. The van der Waals surface area contributed by atoms with Gasteiger partial charge in [0.2, 0.25) is 0 Å². The lowest BCUT2D eigenvalue weighted by Crippen LogP contribution is -2.16. The molecule has 3 aromatic rings. The molecular formula is C36H45FO5. The summed E-state index contributed by atoms with van der Waals surface area (Å²) in [6, 6.07) is 17.0. The molecule has 0 bridgehead atoms. The third-order valence-electron chi connectivity index (χ3n) is 7.69. The average molecular weight is 577 g/mol. The number of benzene rings is 3. The molecule has 0 aliphatic carbocycles. The molecule has 0 saturated carbocycles. The lowest BCUT2D eigenvalue weighted by molar-refractivity contribution is -0.138. The van der Waals surface area contributed by atoms with Gasteiger partial charge in [-0.1, -0.05) is 115 Å². The number of ether oxygens (including phenoxy) is 2. The van der Waals surface area contributed by atoms with Crippen LogP contribution < -0.4 is 9.47 Å². The van der Waals surface area contributed by atoms with Crippen molar-refractivity contribution < 1.29 is 28.6 Å². The molecule has 0 aliphatic heterocycles. The van der Waals surface area contributed by atoms with Gasteiger partial charge in [0.1, 0.15) is 5.75 Å². The predicted molar refractivity (Wildman–Crippen MR) is 167 cm³/mol. The lowest BCUT2D eigenvalue weighted by atomic mass is 9.96. The summed E-state index contributed by atoms with van der Waals surface area (Å²) in [5.74, 6) is -1.75. The Morgan fingerprint density at radius 1 is 0.738 bits per heavy atom. The van der Waals surface area contributed by atoms with Gasteiger partial charge in [-0.05, 0) is 53.8 Å². The molecule has 0 saturated heterocycles. The predicted octanol–water partition coefficient (Wildman–Crippen LogP) is 10.1. The molecule has 3 rings (SSSR count). The molecule has 0 aromatic heterocycles. The maximum Gasteiger partial charge on any atom is 0.336 e. The highest BCUT2D eigenvalue weighted by Crippen LogP contribution is 2.34. The topological polar surface area (TPSA) is 72.8 Å². The first-order valence-corrected chi connectivity index (χ1v) is 15.5. The van der Waals surface area contributed by atoms with Crippen molar-refractivity contribution in [2.24, 2.45) is 5.92 Å². The fraction of sp³-hybridized carbons (Fsp3) is 0.444. The van der Waals surface area contributed by atoms with Gasteiger partial charge in [0.25, 0.3) is 0 Å². The first kappa shape index (κ1) is 32.8. The Kier molecular flexibility index (Phi) is 13.5. The minimum absolute atomic E-state index is 0.0157. The van der Waals surface area contributed by atoms with Crippen molar-refractivity contribution in [2.75, 3.05) is 6.61 Å². The maximum atomic E-state index is 15.6. The maximum absolute atomic E-state index is 15.6. The van der Waals surface area contributed by atoms with Crippen molar-refractivity contribution in [2.45, 2.75) is 91.4 Å². The van der Waals surface area contributed by atoms with E-state index in [1.807, 2.05) is 38.1 Å². The van der Waals surface area contributed by atoms with Gasteiger partial charge in [-0.3, -0.25) is 4.79 Å². The van der Waals surface area contributed by atoms with E-state index in [4.69, 9.17) is 9.47 Å². The minimum Gasteiger partial charge on any atom is -0.490 e. The Morgan fingerprint density at radius 3 is 1.81 bits per heavy atom. The van der Waals surface area contributed by atoms with Crippen LogP contribution in [0.4, 0.5) is 4.39 Å². The largest absolute Gasteiger partial charge is 0.490 e. The zero-order valence-corrected chi connectivity index (χ0v) is 25.3. The highest BCUT2D eigenvalue weighted by Gasteiger charge is 2.20. The number of carbonyl (C=O) groups excluding carboxylic acids is 1. The highest BCUT2D eigenvalue weighted by atomic mass is 19.1. The van der Waals surface area contributed by atoms with Gasteiger partial charge in [-0.15, -0.1) is 0 Å². The van der Waals surface area contributed by atoms with Gasteiger partial charge >= 0.3 is 11.9 Å². The Morgan fingerprint density at radius 2 is 1.26 bits per heavy atom. The monoisotopic (exact) mass is 576 g/mol. The minimum atomic E-state index is -1.20. The standard InChI is InChI=1S/C36H45FO5/c1-4-6-7-8-9-10-11-12-13-14-25-41-32-24-23-31(35(38)39)33(34(32)37)29-17-15-27(16-18-29)28-19-21-30(22-20-28)42-36(40)26(3)5-2/h15-24,26H,4-14,25H2,1-3H3,(H,38,39)/t26-/m0/s1. The fourth-order valence-electron chi connectivity index (χ4n) is 4.83. The molecule has 3 aromatic carbocycles. The molecule has 0 amide bonds. The quantitative estimate of drug-likeness (QED) is 0.0926. The Hall–Kier alpha value is -3.67. The molecule has 0 radical (unpaired) electrons. The second-order valence-electron chi connectivity index (χ2n) is 11.0. The zero-order chi connectivity index (χ0) is 30.3. The van der Waals surface area contributed by atoms with E-state index in [1.54, 1.807) is 24.3 Å². The van der Waals surface area contributed by atoms with Crippen LogP contribution in [0.15, 0.2) is 60.7 Å². The molecule has 5 nitrogen and oxygen atoms in total. The summed E-state index contributed by atoms with van der Waals surface area (Å²) < 4.78 is 26.8. The van der Waals surface area contributed by atoms with Gasteiger partial charge < -0.3 is 14.6 Å². The van der Waals surface area contributed by atoms with Crippen molar-refractivity contribution in [3.05, 3.63) is 72.0 Å². The molecule has 42 heavy (non-hydrogen) atoms. The molecule has 0 heterocycles. The molecule has 226 valence electrons. The smallest absolute Gasteiger partial charge is 0.336 e. The fourth-order valence-corrected chi connectivity index (χ4v) is 4.83. The van der Waals surface area contributed by atoms with Crippen LogP contribution in [0.1, 0.15) is 102 Å². The number of aromatic carboxylic acids is 1. The molecule has 0 unspecified atom stereocenters. The second kappa shape index (κ2) is 17.3. The van der Waals surface area contributed by atoms with Crippen molar-refractivity contribution in [3.8, 4) is 33.8 Å². The number of hydrogen-bond acceptors (Lipinski definition) is 4. The number of hydrogen-bond donors (Lipinski definition) is 1. The third-order valence-corrected chi connectivity index (χ3v) is 7.69. The Labute approximate surface area is 250 Å². The van der Waals surface area contributed by atoms with Crippen LogP contribution in [-0.4, -0.2) is 23.7 Å². The van der Waals surface area contributed by atoms with Gasteiger partial charge in [0.05, 0.1) is 18.1 Å². The van der Waals surface area contributed by atoms with E-state index >= 15 is 4.39 Å². The van der Waals surface area contributed by atoms with Crippen LogP contribution in [0.25, 0.3) is 22.3 Å². The van der Waals surface area contributed by atoms with Gasteiger partial charge in [-0.25, -0.2) is 9.18 Å². The lowest BCUT2D eigenvalue weighted by Gasteiger charge is -2.14. The van der Waals surface area contributed by atoms with Crippen molar-refractivity contribution >= 4 is 11.9 Å². The number of rotatable bonds is 18. The average Bonchev–Trinajstić information content (AvgIpc) is 3.00. The summed E-state index contributed by atoms with van der Waals surface area (Å²) in [5.41, 5.74) is 2.11. The number of esters is 1. The number of carboxylic acids is 1. The van der Waals surface area contributed by atoms with E-state index in [1.165, 1.54) is 57.1 Å². The molecule has 6 heteroatoms. The summed E-state index contributed by atoms with van der Waals surface area (Å²) in [5, 5.41) is 9.75. The van der Waals surface area contributed by atoms with Crippen molar-refractivity contribution in [1.29, 1.82) is 0 Å². The number of carboxylic acid groups (broad SMARTS) is 1. The highest BCUT2D eigenvalue weighted by molar-refractivity contribution is 5.97. The van der Waals surface area contributed by atoms with E-state index < -0.39 is 11.8 Å². The summed E-state index contributed by atoms with van der Waals surface area (Å²) in [6.07, 6.45) is 12.7. The van der Waals surface area contributed by atoms with Crippen LogP contribution in [0.2, 0.25) is 0 Å². The first-order chi connectivity index (χ1) is 20.3. The normalized spacial score (nSPS) is 11.7. The molecule has 1 N–H and O–H groups in total. The summed E-state index contributed by atoms with van der Waals surface area (Å²) >= 11 is 0. The SMILES string of the molecule is CCCCCCCCCCCCOc1ccc(C(=O)O)c(-c2ccc(-c3ccc(OC(=O)[C@@H](C)CC)cc3)cc2)c1F. The number of unbranched alkanes of at least 4 members (excludes halogenated alkanes) is 9. The summed E-state index contributed by atoms with van der Waals surface area (Å²) in [6.45, 7) is 6.39. The van der Waals surface area contributed by atoms with Gasteiger partial charge in [-0.2, -0.15) is 0 Å². The van der Waals surface area contributed by atoms with Crippen LogP contribution in [0.3, 0.4) is 0 Å². The molecule has 0 spiro atoms. The van der Waals surface area contributed by atoms with Gasteiger partial charge in [0.15, 0.2) is 11.6 Å².